The molecule has 0 spiro atoms. The maximum atomic E-state index is 5.78. The predicted molar refractivity (Wildman–Crippen MR) is 63.5 cm³/mol. The number of hydrogen-bond donors (Lipinski definition) is 0. The van der Waals surface area contributed by atoms with Gasteiger partial charge in [0.2, 0.25) is 0 Å². The smallest absolute Gasteiger partial charge is 0.0491 e. The third kappa shape index (κ3) is 3.59. The fourth-order valence-corrected chi connectivity index (χ4v) is 1.49. The molecule has 0 aliphatic carbocycles. The average molecular weight is 293 g/mol. The van der Waals surface area contributed by atoms with E-state index in [9.17, 15) is 0 Å². The molecule has 0 aliphatic heterocycles. The summed E-state index contributed by atoms with van der Waals surface area (Å²) in [6, 6.07) is 8.30. The molecular weight excluding hydrogens is 282 g/mol. The summed E-state index contributed by atoms with van der Waals surface area (Å²) < 4.78 is 1.25. The number of hydrogen-bond acceptors (Lipinski definition) is 0. The van der Waals surface area contributed by atoms with Gasteiger partial charge in [-0.15, -0.1) is 11.6 Å². The van der Waals surface area contributed by atoms with Gasteiger partial charge in [-0.05, 0) is 47.2 Å². The Balaban J connectivity index is 2.76. The summed E-state index contributed by atoms with van der Waals surface area (Å²) in [6.45, 7) is 1.95. The van der Waals surface area contributed by atoms with Gasteiger partial charge in [0, 0.05) is 8.95 Å². The van der Waals surface area contributed by atoms with E-state index in [0.717, 1.165) is 0 Å². The van der Waals surface area contributed by atoms with Crippen LogP contribution in [0.4, 0.5) is 0 Å². The van der Waals surface area contributed by atoms with Crippen molar-refractivity contribution in [2.75, 3.05) is 0 Å². The molecule has 0 bridgehead atoms. The van der Waals surface area contributed by atoms with Crippen LogP contribution in [0.25, 0.3) is 6.08 Å². The first-order valence-corrected chi connectivity index (χ1v) is 5.28. The maximum absolute atomic E-state index is 5.78. The third-order valence-corrected chi connectivity index (χ3v) is 2.22. The molecule has 1 aromatic rings. The average Bonchev–Trinajstić information content (AvgIpc) is 2.01. The predicted octanol–water partition coefficient (Wildman–Crippen LogP) is 3.93. The van der Waals surface area contributed by atoms with Crippen molar-refractivity contribution in [2.45, 2.75) is 12.3 Å². The van der Waals surface area contributed by atoms with E-state index in [1.807, 2.05) is 25.1 Å². The van der Waals surface area contributed by atoms with Crippen LogP contribution in [0, 0.1) is 3.57 Å². The minimum absolute atomic E-state index is 0.0999. The van der Waals surface area contributed by atoms with Crippen molar-refractivity contribution in [1.29, 1.82) is 0 Å². The molecule has 1 atom stereocenters. The molecular formula is C10H10ClI. The SMILES string of the molecule is CC(Cl)/C=C/c1cccc(I)c1. The van der Waals surface area contributed by atoms with Gasteiger partial charge >= 0.3 is 0 Å². The van der Waals surface area contributed by atoms with Crippen molar-refractivity contribution < 1.29 is 0 Å². The van der Waals surface area contributed by atoms with Gasteiger partial charge in [0.05, 0.1) is 0 Å². The van der Waals surface area contributed by atoms with Crippen molar-refractivity contribution in [1.82, 2.24) is 0 Å². The molecule has 64 valence electrons. The van der Waals surface area contributed by atoms with Crippen LogP contribution in [0.15, 0.2) is 30.3 Å². The van der Waals surface area contributed by atoms with Crippen LogP contribution in [0.1, 0.15) is 12.5 Å². The third-order valence-electron chi connectivity index (χ3n) is 1.40. The van der Waals surface area contributed by atoms with Gasteiger partial charge in [-0.25, -0.2) is 0 Å². The molecule has 0 amide bonds. The molecule has 0 fully saturated rings. The van der Waals surface area contributed by atoms with Gasteiger partial charge in [0.25, 0.3) is 0 Å². The molecule has 0 N–H and O–H groups in total. The van der Waals surface area contributed by atoms with Crippen LogP contribution < -0.4 is 0 Å². The zero-order valence-electron chi connectivity index (χ0n) is 6.80. The van der Waals surface area contributed by atoms with Crippen LogP contribution >= 0.6 is 34.2 Å². The van der Waals surface area contributed by atoms with Gasteiger partial charge in [-0.1, -0.05) is 24.3 Å². The van der Waals surface area contributed by atoms with E-state index in [1.54, 1.807) is 0 Å². The van der Waals surface area contributed by atoms with E-state index in [2.05, 4.69) is 40.8 Å². The first kappa shape index (κ1) is 10.1. The molecule has 1 aromatic carbocycles. The van der Waals surface area contributed by atoms with Gasteiger partial charge in [-0.3, -0.25) is 0 Å². The van der Waals surface area contributed by atoms with Crippen molar-refractivity contribution in [2.24, 2.45) is 0 Å². The van der Waals surface area contributed by atoms with E-state index < -0.39 is 0 Å². The monoisotopic (exact) mass is 292 g/mol. The standard InChI is InChI=1S/C10H10ClI/c1-8(11)5-6-9-3-2-4-10(12)7-9/h2-8H,1H3/b6-5+. The number of benzene rings is 1. The summed E-state index contributed by atoms with van der Waals surface area (Å²) >= 11 is 8.07. The first-order valence-electron chi connectivity index (χ1n) is 3.76. The van der Waals surface area contributed by atoms with Crippen molar-refractivity contribution in [3.05, 3.63) is 39.5 Å². The Hall–Kier alpha value is -0.0200. The molecule has 0 saturated heterocycles. The summed E-state index contributed by atoms with van der Waals surface area (Å²) in [7, 11) is 0. The minimum Gasteiger partial charge on any atom is -0.119 e. The molecule has 0 aliphatic rings. The molecule has 1 unspecified atom stereocenters. The van der Waals surface area contributed by atoms with E-state index in [1.165, 1.54) is 9.13 Å². The quantitative estimate of drug-likeness (QED) is 0.572. The fourth-order valence-electron chi connectivity index (χ4n) is 0.854. The number of allylic oxidation sites excluding steroid dienone is 1. The second-order valence-corrected chi connectivity index (χ2v) is 4.53. The Bertz CT molecular complexity index is 279. The van der Waals surface area contributed by atoms with Crippen LogP contribution in [0.2, 0.25) is 0 Å². The highest BCUT2D eigenvalue weighted by Gasteiger charge is 1.89. The Morgan fingerprint density at radius 2 is 2.25 bits per heavy atom. The van der Waals surface area contributed by atoms with Gasteiger partial charge in [0.15, 0.2) is 0 Å². The van der Waals surface area contributed by atoms with Crippen LogP contribution in [-0.4, -0.2) is 5.38 Å². The van der Waals surface area contributed by atoms with Crippen LogP contribution in [0.3, 0.4) is 0 Å². The summed E-state index contributed by atoms with van der Waals surface area (Å²) in [6.07, 6.45) is 4.02. The largest absolute Gasteiger partial charge is 0.119 e. The lowest BCUT2D eigenvalue weighted by Gasteiger charge is -1.95. The molecule has 0 aromatic heterocycles. The molecule has 0 saturated carbocycles. The van der Waals surface area contributed by atoms with Gasteiger partial charge in [-0.2, -0.15) is 0 Å². The summed E-state index contributed by atoms with van der Waals surface area (Å²) in [5.74, 6) is 0. The molecule has 0 nitrogen and oxygen atoms in total. The fraction of sp³-hybridized carbons (Fsp3) is 0.200. The Morgan fingerprint density at radius 3 is 2.83 bits per heavy atom. The summed E-state index contributed by atoms with van der Waals surface area (Å²) in [5, 5.41) is 0.0999. The second-order valence-electron chi connectivity index (χ2n) is 2.59. The summed E-state index contributed by atoms with van der Waals surface area (Å²) in [4.78, 5) is 0. The lowest BCUT2D eigenvalue weighted by atomic mass is 10.2. The molecule has 0 radical (unpaired) electrons. The molecule has 12 heavy (non-hydrogen) atoms. The van der Waals surface area contributed by atoms with Gasteiger partial charge < -0.3 is 0 Å². The summed E-state index contributed by atoms with van der Waals surface area (Å²) in [5.41, 5.74) is 1.20. The number of halogens is 2. The zero-order valence-corrected chi connectivity index (χ0v) is 9.71. The van der Waals surface area contributed by atoms with E-state index in [-0.39, 0.29) is 5.38 Å². The highest BCUT2D eigenvalue weighted by atomic mass is 127. The zero-order chi connectivity index (χ0) is 8.97. The Morgan fingerprint density at radius 1 is 1.50 bits per heavy atom. The Labute approximate surface area is 91.8 Å². The maximum Gasteiger partial charge on any atom is 0.0491 e. The lowest BCUT2D eigenvalue weighted by molar-refractivity contribution is 1.24. The first-order chi connectivity index (χ1) is 5.68. The minimum atomic E-state index is 0.0999. The van der Waals surface area contributed by atoms with E-state index >= 15 is 0 Å². The molecule has 2 heteroatoms. The van der Waals surface area contributed by atoms with Crippen molar-refractivity contribution >= 4 is 40.3 Å². The highest BCUT2D eigenvalue weighted by molar-refractivity contribution is 14.1. The topological polar surface area (TPSA) is 0 Å². The number of rotatable bonds is 2. The second kappa shape index (κ2) is 4.87. The normalized spacial score (nSPS) is 13.6. The van der Waals surface area contributed by atoms with Crippen LogP contribution in [-0.2, 0) is 0 Å². The van der Waals surface area contributed by atoms with Crippen molar-refractivity contribution in [3.8, 4) is 0 Å². The molecule has 0 heterocycles. The van der Waals surface area contributed by atoms with Gasteiger partial charge in [0.1, 0.15) is 0 Å². The lowest BCUT2D eigenvalue weighted by Crippen LogP contribution is -1.81. The van der Waals surface area contributed by atoms with Crippen molar-refractivity contribution in [3.63, 3.8) is 0 Å². The van der Waals surface area contributed by atoms with Crippen LogP contribution in [0.5, 0.6) is 0 Å². The number of alkyl halides is 1. The van der Waals surface area contributed by atoms with E-state index in [0.29, 0.717) is 0 Å². The Kier molecular flexibility index (Phi) is 4.09. The van der Waals surface area contributed by atoms with E-state index in [4.69, 9.17) is 11.6 Å². The molecule has 1 rings (SSSR count). The highest BCUT2D eigenvalue weighted by Crippen LogP contribution is 2.10.